The van der Waals surface area contributed by atoms with Crippen LogP contribution in [0.3, 0.4) is 0 Å². The summed E-state index contributed by atoms with van der Waals surface area (Å²) in [6.45, 7) is 25.1. The molecule has 2 heterocycles. The summed E-state index contributed by atoms with van der Waals surface area (Å²) in [7, 11) is 6.44. The Morgan fingerprint density at radius 1 is 0.328 bits per heavy atom. The van der Waals surface area contributed by atoms with E-state index in [0.717, 1.165) is 33.5 Å². The summed E-state index contributed by atoms with van der Waals surface area (Å²) >= 11 is 0. The van der Waals surface area contributed by atoms with Crippen molar-refractivity contribution in [2.75, 3.05) is 79.3 Å². The monoisotopic (exact) mass is 1010 g/mol. The van der Waals surface area contributed by atoms with Crippen molar-refractivity contribution in [2.24, 2.45) is 0 Å². The topological polar surface area (TPSA) is 83.6 Å². The van der Waals surface area contributed by atoms with Crippen LogP contribution < -0.4 is 51.4 Å². The van der Waals surface area contributed by atoms with Crippen LogP contribution in [0.5, 0.6) is 0 Å². The van der Waals surface area contributed by atoms with Crippen LogP contribution in [0.15, 0.2) is 84.9 Å². The molecule has 5 aromatic carbocycles. The van der Waals surface area contributed by atoms with Gasteiger partial charge in [-0.25, -0.2) is 0 Å². The van der Waals surface area contributed by atoms with Crippen molar-refractivity contribution in [2.45, 2.75) is 79.1 Å². The molecule has 7 rings (SSSR count). The Morgan fingerprint density at radius 3 is 0.750 bits per heavy atom. The van der Waals surface area contributed by atoms with E-state index in [2.05, 4.69) is 140 Å². The summed E-state index contributed by atoms with van der Waals surface area (Å²) in [4.78, 5) is 0. The first-order valence-corrected chi connectivity index (χ1v) is 28.5. The maximum absolute atomic E-state index is 5.61. The zero-order valence-corrected chi connectivity index (χ0v) is 47.1. The smallest absolute Gasteiger partial charge is 0.658 e. The number of hydrogen-bond acceptors (Lipinski definition) is 6. The van der Waals surface area contributed by atoms with Crippen LogP contribution in [0.4, 0.5) is 22.7 Å². The van der Waals surface area contributed by atoms with E-state index in [1.54, 1.807) is 31.8 Å². The molecular formula is C50H66CoKN2O6P4-. The Kier molecular flexibility index (Phi) is 29.6. The van der Waals surface area contributed by atoms with E-state index in [9.17, 15) is 0 Å². The fourth-order valence-electron chi connectivity index (χ4n) is 7.20. The molecule has 0 saturated carbocycles. The summed E-state index contributed by atoms with van der Waals surface area (Å²) in [5, 5.41) is 15.9. The third-order valence-corrected chi connectivity index (χ3v) is 23.2. The van der Waals surface area contributed by atoms with Gasteiger partial charge in [0, 0.05) is 48.6 Å². The molecule has 343 valence electrons. The second kappa shape index (κ2) is 32.6. The SMILES string of the molecule is C1COCCOCCOCCOCCOCCO1.CC(C)c1cccc(C(C)C)c1[N-]c1c([N-]c2c(C(C)C)cccc2C(C)C)c2ccccc2c2ccccc12.[Co].[K+].[P]1[P][P][P]1. The second-order valence-corrected chi connectivity index (χ2v) is 25.5. The molecule has 8 nitrogen and oxygen atoms in total. The molecule has 14 heteroatoms. The predicted octanol–water partition coefficient (Wildman–Crippen LogP) is 13.7. The number of para-hydroxylation sites is 2. The fourth-order valence-corrected chi connectivity index (χ4v) is 10.4. The zero-order valence-electron chi connectivity index (χ0n) is 39.3. The molecule has 0 atom stereocenters. The Bertz CT molecular complexity index is 1840. The molecule has 0 aliphatic carbocycles. The van der Waals surface area contributed by atoms with Crippen LogP contribution in [0, 0.1) is 0 Å². The molecule has 5 radical (unpaired) electrons. The van der Waals surface area contributed by atoms with E-state index in [4.69, 9.17) is 39.1 Å². The Labute approximate surface area is 444 Å². The van der Waals surface area contributed by atoms with Crippen LogP contribution in [-0.2, 0) is 45.2 Å². The number of fused-ring (bicyclic) bond motifs is 3. The molecule has 0 N–H and O–H groups in total. The number of nitrogens with zero attached hydrogens (tertiary/aromatic N) is 2. The summed E-state index contributed by atoms with van der Waals surface area (Å²) in [6, 6.07) is 30.7. The molecule has 5 aromatic rings. The molecular weight excluding hydrogens is 946 g/mol. The van der Waals surface area contributed by atoms with Gasteiger partial charge >= 0.3 is 51.4 Å². The summed E-state index contributed by atoms with van der Waals surface area (Å²) in [5.74, 6) is 1.44. The largest absolute Gasteiger partial charge is 1.00 e. The molecule has 64 heavy (non-hydrogen) atoms. The van der Waals surface area contributed by atoms with E-state index >= 15 is 0 Å². The van der Waals surface area contributed by atoms with Crippen LogP contribution >= 0.6 is 31.8 Å². The molecule has 0 aromatic heterocycles. The van der Waals surface area contributed by atoms with Gasteiger partial charge < -0.3 is 39.1 Å². The van der Waals surface area contributed by atoms with Crippen molar-refractivity contribution < 1.29 is 96.6 Å². The van der Waals surface area contributed by atoms with Gasteiger partial charge in [0.25, 0.3) is 0 Å². The Morgan fingerprint density at radius 2 is 0.547 bits per heavy atom. The summed E-state index contributed by atoms with van der Waals surface area (Å²) in [6.07, 6.45) is 0. The second-order valence-electron chi connectivity index (χ2n) is 16.2. The average molecular weight is 1010 g/mol. The minimum atomic E-state index is 0. The maximum Gasteiger partial charge on any atom is 1.00 e. The molecule has 0 amide bonds. The molecule has 2 aliphatic rings. The summed E-state index contributed by atoms with van der Waals surface area (Å²) < 4.78 is 32.0. The third-order valence-electron chi connectivity index (χ3n) is 10.4. The molecule has 2 saturated heterocycles. The van der Waals surface area contributed by atoms with Crippen LogP contribution in [-0.4, -0.2) is 79.3 Å². The van der Waals surface area contributed by atoms with Crippen LogP contribution in [0.2, 0.25) is 0 Å². The number of hydrogen-bond donors (Lipinski definition) is 0. The van der Waals surface area contributed by atoms with Crippen molar-refractivity contribution in [3.63, 3.8) is 0 Å². The molecule has 0 bridgehead atoms. The van der Waals surface area contributed by atoms with Crippen molar-refractivity contribution in [3.8, 4) is 0 Å². The van der Waals surface area contributed by atoms with E-state index in [1.807, 2.05) is 0 Å². The van der Waals surface area contributed by atoms with Gasteiger partial charge in [-0.3, -0.25) is 0 Å². The van der Waals surface area contributed by atoms with Gasteiger partial charge in [-0.2, -0.15) is 0 Å². The van der Waals surface area contributed by atoms with Gasteiger partial charge in [-0.05, 0) is 45.2 Å². The number of ether oxygens (including phenoxy) is 6. The van der Waals surface area contributed by atoms with E-state index < -0.39 is 0 Å². The first-order chi connectivity index (χ1) is 30.2. The first-order valence-electron chi connectivity index (χ1n) is 22.1. The summed E-state index contributed by atoms with van der Waals surface area (Å²) in [5.41, 5.74) is 9.20. The third kappa shape index (κ3) is 18.3. The van der Waals surface area contributed by atoms with Gasteiger partial charge in [0.2, 0.25) is 0 Å². The number of benzene rings is 5. The van der Waals surface area contributed by atoms with Crippen molar-refractivity contribution in [1.29, 1.82) is 0 Å². The quantitative estimate of drug-likeness (QED) is 0.0875. The minimum Gasteiger partial charge on any atom is -0.658 e. The Balaban J connectivity index is 0.000000378. The average Bonchev–Trinajstić information content (AvgIpc) is 3.24. The number of rotatable bonds is 8. The maximum atomic E-state index is 5.61. The van der Waals surface area contributed by atoms with Crippen molar-refractivity contribution >= 4 is 76.1 Å². The van der Waals surface area contributed by atoms with Crippen LogP contribution in [0.25, 0.3) is 32.2 Å². The standard InChI is InChI=1S/C38H42N2.C12H24O6.Co.K.P4/c1-23(2)27-19-13-20-28(24(3)4)35(27)39-37-33-17-11-9-15-31(33)32-16-10-12-18-34(32)38(37)40-36-29(25(5)6)21-14-22-30(36)26(7)8;1-2-14-5-6-16-9-10-18-12-11-17-8-7-15-4-3-13-1;;;1-2-4-3-1/h9-26H,1-8H3;1-12H2;;;/q-2;;;+1;. The van der Waals surface area contributed by atoms with E-state index in [0.29, 0.717) is 103 Å². The molecule has 0 unspecified atom stereocenters. The van der Waals surface area contributed by atoms with Crippen molar-refractivity contribution in [3.05, 3.63) is 118 Å². The molecule has 2 aliphatic heterocycles. The normalized spacial score (nSPS) is 17.2. The van der Waals surface area contributed by atoms with Gasteiger partial charge in [0.05, 0.1) is 79.3 Å². The van der Waals surface area contributed by atoms with Crippen molar-refractivity contribution in [1.82, 2.24) is 0 Å². The van der Waals surface area contributed by atoms with Gasteiger partial charge in [-0.15, -0.1) is 22.7 Å². The van der Waals surface area contributed by atoms with Gasteiger partial charge in [0.1, 0.15) is 0 Å². The Hall–Kier alpha value is -0.157. The first kappa shape index (κ1) is 58.2. The van der Waals surface area contributed by atoms with Gasteiger partial charge in [0.15, 0.2) is 0 Å². The molecule has 0 spiro atoms. The van der Waals surface area contributed by atoms with E-state index in [1.165, 1.54) is 33.0 Å². The van der Waals surface area contributed by atoms with Crippen LogP contribution in [0.1, 0.15) is 101 Å². The van der Waals surface area contributed by atoms with Gasteiger partial charge in [-0.1, -0.05) is 163 Å². The fraction of sp³-hybridized carbons (Fsp3) is 0.480. The molecule has 2 fully saturated rings. The predicted molar refractivity (Wildman–Crippen MR) is 269 cm³/mol. The zero-order chi connectivity index (χ0) is 44.1. The minimum absolute atomic E-state index is 0. The van der Waals surface area contributed by atoms with E-state index in [-0.39, 0.29) is 68.2 Å².